The van der Waals surface area contributed by atoms with E-state index in [1.165, 1.54) is 37.6 Å². The van der Waals surface area contributed by atoms with Crippen molar-refractivity contribution in [1.82, 2.24) is 5.32 Å². The zero-order valence-electron chi connectivity index (χ0n) is 21.0. The second-order valence-electron chi connectivity index (χ2n) is 9.26. The van der Waals surface area contributed by atoms with Crippen LogP contribution in [-0.2, 0) is 30.6 Å². The molecule has 0 heterocycles. The number of carbonyl (C=O) groups excluding carboxylic acids is 1. The molecule has 1 amide bonds. The van der Waals surface area contributed by atoms with Crippen molar-refractivity contribution in [1.29, 1.82) is 0 Å². The molecule has 0 saturated heterocycles. The van der Waals surface area contributed by atoms with E-state index < -0.39 is 0 Å². The molecule has 0 spiro atoms. The minimum absolute atomic E-state index is 0.0712. The monoisotopic (exact) mass is 664 g/mol. The summed E-state index contributed by atoms with van der Waals surface area (Å²) in [7, 11) is 1.74. The van der Waals surface area contributed by atoms with E-state index in [-0.39, 0.29) is 5.91 Å². The summed E-state index contributed by atoms with van der Waals surface area (Å²) in [5, 5.41) is 2.87. The Balaban J connectivity index is 1.56. The van der Waals surface area contributed by atoms with Crippen LogP contribution in [0.5, 0.6) is 5.75 Å². The predicted molar refractivity (Wildman–Crippen MR) is 145 cm³/mol. The second kappa shape index (κ2) is 12.0. The number of amides is 1. The van der Waals surface area contributed by atoms with Gasteiger partial charge in [0.05, 0.1) is 6.42 Å². The molecule has 0 unspecified atom stereocenters. The van der Waals surface area contributed by atoms with Crippen LogP contribution in [-0.4, -0.2) is 51.2 Å². The predicted octanol–water partition coefficient (Wildman–Crippen LogP) is 4.47. The Morgan fingerprint density at radius 1 is 1.03 bits per heavy atom. The van der Waals surface area contributed by atoms with Gasteiger partial charge in [0, 0.05) is 6.54 Å². The molecule has 1 aliphatic rings. The van der Waals surface area contributed by atoms with Crippen LogP contribution in [0.2, 0.25) is 0 Å². The molecule has 1 atom stereocenters. The number of anilines is 1. The third-order valence-corrected chi connectivity index (χ3v) is 7.93. The van der Waals surface area contributed by atoms with Gasteiger partial charge in [0.1, 0.15) is 0 Å². The van der Waals surface area contributed by atoms with Crippen molar-refractivity contribution in [2.45, 2.75) is 52.0 Å². The Morgan fingerprint density at radius 3 is 2.51 bits per heavy atom. The van der Waals surface area contributed by atoms with Gasteiger partial charge in [-0.3, -0.25) is 4.79 Å². The molecule has 5 heteroatoms. The molecule has 0 fully saturated rings. The number of benzene rings is 3. The van der Waals surface area contributed by atoms with Gasteiger partial charge in [-0.25, -0.2) is 0 Å². The molecule has 0 aliphatic heterocycles. The minimum Gasteiger partial charge on any atom is -0.0582 e. The van der Waals surface area contributed by atoms with Crippen LogP contribution < -0.4 is 18.2 Å². The van der Waals surface area contributed by atoms with Crippen molar-refractivity contribution in [3.63, 3.8) is 0 Å². The number of methoxy groups -OCH3 is 1. The van der Waals surface area contributed by atoms with Gasteiger partial charge in [-0.05, 0) is 12.5 Å². The van der Waals surface area contributed by atoms with Crippen LogP contribution >= 0.6 is 0 Å². The molecular weight excluding hydrogens is 629 g/mol. The Bertz CT molecular complexity index is 1160. The Kier molecular flexibility index (Phi) is 8.85. The van der Waals surface area contributed by atoms with Gasteiger partial charge in [0.15, 0.2) is 0 Å². The Labute approximate surface area is 225 Å². The molecule has 1 aliphatic carbocycles. The molecule has 1 N–H and O–H groups in total. The average molecular weight is 665 g/mol. The topological polar surface area (TPSA) is 41.6 Å². The van der Waals surface area contributed by atoms with E-state index in [0.29, 0.717) is 18.9 Å². The van der Waals surface area contributed by atoms with Gasteiger partial charge in [-0.15, -0.1) is 0 Å². The van der Waals surface area contributed by atoms with E-state index in [9.17, 15) is 4.79 Å². The van der Waals surface area contributed by atoms with Crippen LogP contribution in [0.3, 0.4) is 0 Å². The first kappa shape index (κ1) is 25.7. The molecule has 4 rings (SSSR count). The number of nitrogens with zero attached hydrogens (tertiary/aromatic N) is 1. The van der Waals surface area contributed by atoms with E-state index in [1.54, 1.807) is 32.2 Å². The van der Waals surface area contributed by atoms with Gasteiger partial charge >= 0.3 is 172 Å². The molecule has 4 nitrogen and oxygen atoms in total. The fraction of sp³-hybridized carbons (Fsp3) is 0.367. The molecular formula is C30H35N2O2Po. The van der Waals surface area contributed by atoms with Crippen LogP contribution in [0.4, 0.5) is 5.69 Å². The number of likely N-dealkylation sites (N-methyl/N-ethyl adjacent to an activating group) is 1. The van der Waals surface area contributed by atoms with Crippen LogP contribution in [0.15, 0.2) is 60.7 Å². The molecule has 3 aromatic carbocycles. The summed E-state index contributed by atoms with van der Waals surface area (Å²) in [5.41, 5.74) is 8.00. The summed E-state index contributed by atoms with van der Waals surface area (Å²) < 4.78 is 7.05. The number of hydrogen-bond donors (Lipinski definition) is 1. The number of aryl methyl sites for hydroxylation is 1. The molecule has 0 bridgehead atoms. The minimum atomic E-state index is 0.0712. The zero-order chi connectivity index (χ0) is 24.8. The van der Waals surface area contributed by atoms with Gasteiger partial charge in [0.25, 0.3) is 0 Å². The number of fused-ring (bicyclic) bond motifs is 1. The van der Waals surface area contributed by atoms with Crippen molar-refractivity contribution in [3.8, 4) is 5.75 Å². The summed E-state index contributed by atoms with van der Waals surface area (Å²) >= 11 is 1.54. The quantitative estimate of drug-likeness (QED) is 0.368. The second-order valence-corrected chi connectivity index (χ2v) is 11.1. The number of ether oxygens (including phenoxy) is 1. The van der Waals surface area contributed by atoms with Gasteiger partial charge < -0.3 is 5.32 Å². The summed E-state index contributed by atoms with van der Waals surface area (Å²) in [4.78, 5) is 14.4. The normalized spacial score (nSPS) is 14.8. The average Bonchev–Trinajstić information content (AvgIpc) is 2.87. The van der Waals surface area contributed by atoms with Crippen molar-refractivity contribution < 1.29 is 9.53 Å². The summed E-state index contributed by atoms with van der Waals surface area (Å²) in [6.07, 6.45) is 3.84. The fourth-order valence-electron chi connectivity index (χ4n) is 5.06. The van der Waals surface area contributed by atoms with Crippen molar-refractivity contribution >= 4 is 39.9 Å². The summed E-state index contributed by atoms with van der Waals surface area (Å²) in [6, 6.07) is 22.1. The molecule has 183 valence electrons. The molecule has 1 radical (unpaired) electrons. The van der Waals surface area contributed by atoms with Gasteiger partial charge in [-0.2, -0.15) is 0 Å². The first-order valence-electron chi connectivity index (χ1n) is 12.6. The SMILES string of the molecule is CCNC(=O)Cc1ccc(CN(CC)c2cc(OC)ccc2[C@@H]2CCc3c[c]([Po])ccc3C2)cc1. The van der Waals surface area contributed by atoms with E-state index in [0.717, 1.165) is 37.2 Å². The number of hydrogen-bond acceptors (Lipinski definition) is 3. The van der Waals surface area contributed by atoms with Gasteiger partial charge in [-0.1, -0.05) is 12.1 Å². The van der Waals surface area contributed by atoms with Crippen LogP contribution in [0.1, 0.15) is 54.0 Å². The molecule has 35 heavy (non-hydrogen) atoms. The zero-order valence-corrected chi connectivity index (χ0v) is 24.1. The third kappa shape index (κ3) is 6.45. The molecule has 0 saturated carbocycles. The number of carbonyl (C=O) groups is 1. The van der Waals surface area contributed by atoms with Crippen molar-refractivity contribution in [2.24, 2.45) is 0 Å². The van der Waals surface area contributed by atoms with Crippen molar-refractivity contribution in [3.05, 3.63) is 88.5 Å². The van der Waals surface area contributed by atoms with Crippen molar-refractivity contribution in [2.75, 3.05) is 25.1 Å². The maximum atomic E-state index is 11.9. The van der Waals surface area contributed by atoms with Gasteiger partial charge in [0.2, 0.25) is 5.91 Å². The fourth-order valence-corrected chi connectivity index (χ4v) is 5.88. The smallest absolute Gasteiger partial charge is 0.0582 e. The van der Waals surface area contributed by atoms with Crippen LogP contribution in [0, 0.1) is 0 Å². The van der Waals surface area contributed by atoms with Crippen LogP contribution in [0.25, 0.3) is 0 Å². The van der Waals surface area contributed by atoms with E-state index in [1.807, 2.05) is 6.92 Å². The third-order valence-electron chi connectivity index (χ3n) is 6.94. The first-order chi connectivity index (χ1) is 17.0. The summed E-state index contributed by atoms with van der Waals surface area (Å²) in [6.45, 7) is 6.56. The molecule has 3 aromatic rings. The number of rotatable bonds is 9. The Morgan fingerprint density at radius 2 is 1.80 bits per heavy atom. The number of nitrogens with one attached hydrogen (secondary N) is 1. The maximum absolute atomic E-state index is 11.9. The van der Waals surface area contributed by atoms with E-state index in [2.05, 4.69) is 77.8 Å². The Hall–Kier alpha value is -2.37. The van der Waals surface area contributed by atoms with E-state index >= 15 is 0 Å². The molecule has 0 aromatic heterocycles. The summed E-state index contributed by atoms with van der Waals surface area (Å²) in [5.74, 6) is 1.48. The first-order valence-corrected chi connectivity index (χ1v) is 14.2. The standard InChI is InChI=1S/C30H35N2O2.Po/c1-4-31-30(33)18-22-10-12-23(13-11-22)21-32(5-2)29-20-27(34-3)16-17-28(29)26-15-14-24-8-6-7-9-25(24)19-26;/h7-13,16-17,20,26H,4-5,14-15,18-19,21H2,1-3H3,(H,31,33);/t26-;/m1./s1. The van der Waals surface area contributed by atoms with E-state index in [4.69, 9.17) is 4.74 Å².